The van der Waals surface area contributed by atoms with Gasteiger partial charge in [0.1, 0.15) is 0 Å². The average molecular weight is 342 g/mol. The molecule has 0 saturated carbocycles. The van der Waals surface area contributed by atoms with Gasteiger partial charge in [0.25, 0.3) is 0 Å². The summed E-state index contributed by atoms with van der Waals surface area (Å²) in [6.45, 7) is 4.76. The Hall–Kier alpha value is -2.18. The lowest BCUT2D eigenvalue weighted by Gasteiger charge is -2.25. The Kier molecular flexibility index (Phi) is 5.83. The van der Waals surface area contributed by atoms with E-state index < -0.39 is 6.04 Å². The SMILES string of the molecule is CC1CN(C(=O)[C@@H](N)Cc2cn(Cc3ccccc3)cn2)CCCO1. The van der Waals surface area contributed by atoms with Gasteiger partial charge in [-0.05, 0) is 18.9 Å². The molecule has 1 aliphatic rings. The molecule has 2 N–H and O–H groups in total. The molecule has 3 rings (SSSR count). The number of carbonyl (C=O) groups excluding carboxylic acids is 1. The highest BCUT2D eigenvalue weighted by molar-refractivity contribution is 5.82. The summed E-state index contributed by atoms with van der Waals surface area (Å²) in [5.41, 5.74) is 8.21. The van der Waals surface area contributed by atoms with Crippen LogP contribution in [-0.2, 0) is 22.5 Å². The molecule has 134 valence electrons. The Labute approximate surface area is 148 Å². The van der Waals surface area contributed by atoms with Gasteiger partial charge in [0, 0.05) is 38.9 Å². The van der Waals surface area contributed by atoms with E-state index in [2.05, 4.69) is 17.1 Å². The number of hydrogen-bond acceptors (Lipinski definition) is 4. The van der Waals surface area contributed by atoms with Crippen molar-refractivity contribution in [3.8, 4) is 0 Å². The molecule has 1 aromatic heterocycles. The first-order valence-electron chi connectivity index (χ1n) is 8.82. The van der Waals surface area contributed by atoms with Crippen LogP contribution in [0.1, 0.15) is 24.6 Å². The Balaban J connectivity index is 1.57. The minimum Gasteiger partial charge on any atom is -0.377 e. The molecule has 2 aromatic rings. The third-order valence-electron chi connectivity index (χ3n) is 4.40. The number of benzene rings is 1. The second-order valence-corrected chi connectivity index (χ2v) is 6.65. The van der Waals surface area contributed by atoms with E-state index >= 15 is 0 Å². The molecule has 6 heteroatoms. The highest BCUT2D eigenvalue weighted by Gasteiger charge is 2.25. The third kappa shape index (κ3) is 4.90. The molecule has 0 bridgehead atoms. The van der Waals surface area contributed by atoms with Crippen LogP contribution in [0.2, 0.25) is 0 Å². The molecule has 0 spiro atoms. The predicted octanol–water partition coefficient (Wildman–Crippen LogP) is 1.44. The fourth-order valence-corrected chi connectivity index (χ4v) is 3.13. The number of aromatic nitrogens is 2. The van der Waals surface area contributed by atoms with E-state index in [-0.39, 0.29) is 12.0 Å². The molecule has 1 aliphatic heterocycles. The van der Waals surface area contributed by atoms with Crippen molar-refractivity contribution in [2.45, 2.75) is 38.5 Å². The van der Waals surface area contributed by atoms with Crippen LogP contribution >= 0.6 is 0 Å². The number of hydrogen-bond donors (Lipinski definition) is 1. The highest BCUT2D eigenvalue weighted by atomic mass is 16.5. The Morgan fingerprint density at radius 2 is 2.20 bits per heavy atom. The van der Waals surface area contributed by atoms with Gasteiger partial charge in [-0.2, -0.15) is 0 Å². The predicted molar refractivity (Wildman–Crippen MR) is 96.1 cm³/mol. The van der Waals surface area contributed by atoms with Crippen LogP contribution in [0.25, 0.3) is 0 Å². The van der Waals surface area contributed by atoms with Crippen LogP contribution < -0.4 is 5.73 Å². The summed E-state index contributed by atoms with van der Waals surface area (Å²) in [5.74, 6) is -0.0186. The summed E-state index contributed by atoms with van der Waals surface area (Å²) in [6.07, 6.45) is 5.13. The summed E-state index contributed by atoms with van der Waals surface area (Å²) in [4.78, 5) is 18.8. The second-order valence-electron chi connectivity index (χ2n) is 6.65. The smallest absolute Gasteiger partial charge is 0.239 e. The molecular formula is C19H26N4O2. The van der Waals surface area contributed by atoms with Gasteiger partial charge < -0.3 is 19.9 Å². The van der Waals surface area contributed by atoms with Crippen LogP contribution in [0.4, 0.5) is 0 Å². The molecular weight excluding hydrogens is 316 g/mol. The van der Waals surface area contributed by atoms with Crippen LogP contribution in [0.3, 0.4) is 0 Å². The van der Waals surface area contributed by atoms with E-state index in [0.29, 0.717) is 26.1 Å². The maximum Gasteiger partial charge on any atom is 0.239 e. The quantitative estimate of drug-likeness (QED) is 0.892. The molecule has 0 radical (unpaired) electrons. The molecule has 1 amide bonds. The number of carbonyl (C=O) groups is 1. The van der Waals surface area contributed by atoms with Crippen LogP contribution in [-0.4, -0.2) is 52.2 Å². The Morgan fingerprint density at radius 1 is 1.40 bits per heavy atom. The second kappa shape index (κ2) is 8.27. The van der Waals surface area contributed by atoms with Crippen molar-refractivity contribution in [1.82, 2.24) is 14.5 Å². The standard InChI is InChI=1S/C19H26N4O2/c1-15-11-23(8-5-9-25-15)19(24)18(20)10-17-13-22(14-21-17)12-16-6-3-2-4-7-16/h2-4,6-7,13-15,18H,5,8-12,20H2,1H3/t15?,18-/m0/s1. The topological polar surface area (TPSA) is 73.4 Å². The molecule has 1 aromatic carbocycles. The monoisotopic (exact) mass is 342 g/mol. The van der Waals surface area contributed by atoms with Crippen molar-refractivity contribution in [3.63, 3.8) is 0 Å². The summed E-state index contributed by atoms with van der Waals surface area (Å²) in [5, 5.41) is 0. The molecule has 0 aliphatic carbocycles. The first-order chi connectivity index (χ1) is 12.1. The van der Waals surface area contributed by atoms with Crippen LogP contribution in [0, 0.1) is 0 Å². The van der Waals surface area contributed by atoms with Crippen molar-refractivity contribution < 1.29 is 9.53 Å². The lowest BCUT2D eigenvalue weighted by Crippen LogP contribution is -2.47. The fourth-order valence-electron chi connectivity index (χ4n) is 3.13. The molecule has 1 unspecified atom stereocenters. The number of amides is 1. The Morgan fingerprint density at radius 3 is 3.00 bits per heavy atom. The molecule has 2 atom stereocenters. The van der Waals surface area contributed by atoms with Crippen molar-refractivity contribution in [1.29, 1.82) is 0 Å². The summed E-state index contributed by atoms with van der Waals surface area (Å²) in [6, 6.07) is 9.64. The average Bonchev–Trinajstić information content (AvgIpc) is 2.92. The van der Waals surface area contributed by atoms with Gasteiger partial charge in [-0.3, -0.25) is 4.79 Å². The van der Waals surface area contributed by atoms with Gasteiger partial charge in [0.2, 0.25) is 5.91 Å². The van der Waals surface area contributed by atoms with E-state index in [0.717, 1.165) is 18.7 Å². The van der Waals surface area contributed by atoms with Gasteiger partial charge in [0.15, 0.2) is 0 Å². The number of ether oxygens (including phenoxy) is 1. The minimum atomic E-state index is -0.564. The number of imidazole rings is 1. The maximum atomic E-state index is 12.6. The molecule has 1 fully saturated rings. The number of nitrogens with two attached hydrogens (primary N) is 1. The van der Waals surface area contributed by atoms with Crippen molar-refractivity contribution in [3.05, 3.63) is 54.1 Å². The van der Waals surface area contributed by atoms with Crippen molar-refractivity contribution in [2.24, 2.45) is 5.73 Å². The molecule has 6 nitrogen and oxygen atoms in total. The van der Waals surface area contributed by atoms with E-state index in [1.165, 1.54) is 5.56 Å². The van der Waals surface area contributed by atoms with Gasteiger partial charge >= 0.3 is 0 Å². The van der Waals surface area contributed by atoms with Gasteiger partial charge in [-0.1, -0.05) is 30.3 Å². The van der Waals surface area contributed by atoms with Gasteiger partial charge in [-0.25, -0.2) is 4.98 Å². The number of nitrogens with zero attached hydrogens (tertiary/aromatic N) is 3. The molecule has 25 heavy (non-hydrogen) atoms. The zero-order valence-electron chi connectivity index (χ0n) is 14.7. The van der Waals surface area contributed by atoms with Crippen LogP contribution in [0.5, 0.6) is 0 Å². The van der Waals surface area contributed by atoms with E-state index in [4.69, 9.17) is 10.5 Å². The van der Waals surface area contributed by atoms with Gasteiger partial charge in [-0.15, -0.1) is 0 Å². The third-order valence-corrected chi connectivity index (χ3v) is 4.40. The fraction of sp³-hybridized carbons (Fsp3) is 0.474. The van der Waals surface area contributed by atoms with Crippen molar-refractivity contribution in [2.75, 3.05) is 19.7 Å². The first-order valence-corrected chi connectivity index (χ1v) is 8.82. The zero-order chi connectivity index (χ0) is 17.6. The first kappa shape index (κ1) is 17.6. The highest BCUT2D eigenvalue weighted by Crippen LogP contribution is 2.10. The van der Waals surface area contributed by atoms with Crippen LogP contribution in [0.15, 0.2) is 42.9 Å². The molecule has 1 saturated heterocycles. The largest absolute Gasteiger partial charge is 0.377 e. The lowest BCUT2D eigenvalue weighted by atomic mass is 10.1. The van der Waals surface area contributed by atoms with Gasteiger partial charge in [0.05, 0.1) is 24.2 Å². The Bertz CT molecular complexity index is 686. The van der Waals surface area contributed by atoms with E-state index in [1.54, 1.807) is 6.33 Å². The molecule has 2 heterocycles. The maximum absolute atomic E-state index is 12.6. The van der Waals surface area contributed by atoms with E-state index in [9.17, 15) is 4.79 Å². The number of rotatable bonds is 5. The lowest BCUT2D eigenvalue weighted by molar-refractivity contribution is -0.133. The summed E-state index contributed by atoms with van der Waals surface area (Å²) >= 11 is 0. The minimum absolute atomic E-state index is 0.0186. The summed E-state index contributed by atoms with van der Waals surface area (Å²) in [7, 11) is 0. The summed E-state index contributed by atoms with van der Waals surface area (Å²) < 4.78 is 7.61. The zero-order valence-corrected chi connectivity index (χ0v) is 14.7. The normalized spacial score (nSPS) is 19.4. The van der Waals surface area contributed by atoms with Crippen molar-refractivity contribution >= 4 is 5.91 Å². The van der Waals surface area contributed by atoms with E-state index in [1.807, 2.05) is 40.8 Å².